The van der Waals surface area contributed by atoms with E-state index in [0.29, 0.717) is 17.4 Å². The zero-order valence-electron chi connectivity index (χ0n) is 14.6. The highest BCUT2D eigenvalue weighted by molar-refractivity contribution is 7.99. The molecular formula is C17H24N4O2S. The van der Waals surface area contributed by atoms with Crippen LogP contribution in [0.3, 0.4) is 0 Å². The summed E-state index contributed by atoms with van der Waals surface area (Å²) in [5.74, 6) is 1.36. The van der Waals surface area contributed by atoms with Crippen molar-refractivity contribution in [1.82, 2.24) is 20.1 Å². The molecule has 6 nitrogen and oxygen atoms in total. The van der Waals surface area contributed by atoms with E-state index in [9.17, 15) is 4.79 Å². The topological polar surface area (TPSA) is 69.0 Å². The van der Waals surface area contributed by atoms with Crippen molar-refractivity contribution in [3.8, 4) is 5.75 Å². The molecule has 24 heavy (non-hydrogen) atoms. The van der Waals surface area contributed by atoms with Crippen LogP contribution in [0, 0.1) is 0 Å². The highest BCUT2D eigenvalue weighted by Gasteiger charge is 2.15. The van der Waals surface area contributed by atoms with Gasteiger partial charge in [0.05, 0.1) is 13.7 Å². The second kappa shape index (κ2) is 8.73. The van der Waals surface area contributed by atoms with Gasteiger partial charge in [-0.1, -0.05) is 25.6 Å². The Morgan fingerprint density at radius 1 is 1.29 bits per heavy atom. The highest BCUT2D eigenvalue weighted by Crippen LogP contribution is 2.24. The van der Waals surface area contributed by atoms with Crippen molar-refractivity contribution in [3.63, 3.8) is 0 Å². The molecular weight excluding hydrogens is 324 g/mol. The predicted octanol–water partition coefficient (Wildman–Crippen LogP) is 3.13. The van der Waals surface area contributed by atoms with E-state index in [4.69, 9.17) is 4.74 Å². The summed E-state index contributed by atoms with van der Waals surface area (Å²) in [5.41, 5.74) is 0.590. The zero-order valence-corrected chi connectivity index (χ0v) is 15.4. The lowest BCUT2D eigenvalue weighted by atomic mass is 10.2. The summed E-state index contributed by atoms with van der Waals surface area (Å²) >= 11 is 1.71. The number of carbonyl (C=O) groups excluding carboxylic acids is 1. The summed E-state index contributed by atoms with van der Waals surface area (Å²) in [6, 6.07) is 7.01. The Kier molecular flexibility index (Phi) is 6.66. The van der Waals surface area contributed by atoms with Gasteiger partial charge in [-0.05, 0) is 37.6 Å². The normalized spacial score (nSPS) is 12.0. The van der Waals surface area contributed by atoms with Gasteiger partial charge in [0, 0.05) is 17.4 Å². The first-order valence-corrected chi connectivity index (χ1v) is 8.97. The molecule has 0 fully saturated rings. The van der Waals surface area contributed by atoms with Crippen LogP contribution in [-0.4, -0.2) is 33.0 Å². The summed E-state index contributed by atoms with van der Waals surface area (Å²) < 4.78 is 7.14. The van der Waals surface area contributed by atoms with E-state index in [1.54, 1.807) is 43.1 Å². The molecule has 2 aromatic rings. The molecule has 0 saturated carbocycles. The number of ether oxygens (including phenoxy) is 1. The Hall–Kier alpha value is -2.02. The van der Waals surface area contributed by atoms with Gasteiger partial charge >= 0.3 is 0 Å². The quantitative estimate of drug-likeness (QED) is 0.742. The number of carbonyl (C=O) groups is 1. The summed E-state index contributed by atoms with van der Waals surface area (Å²) in [7, 11) is 1.60. The molecule has 1 amide bonds. The molecule has 0 aliphatic heterocycles. The number of rotatable bonds is 8. The van der Waals surface area contributed by atoms with Gasteiger partial charge in [0.25, 0.3) is 5.91 Å². The average Bonchev–Trinajstić information content (AvgIpc) is 3.00. The molecule has 1 heterocycles. The third-order valence-electron chi connectivity index (χ3n) is 3.75. The van der Waals surface area contributed by atoms with Gasteiger partial charge in [-0.3, -0.25) is 4.79 Å². The monoisotopic (exact) mass is 348 g/mol. The fourth-order valence-electron chi connectivity index (χ4n) is 2.12. The first kappa shape index (κ1) is 18.3. The minimum absolute atomic E-state index is 0.139. The van der Waals surface area contributed by atoms with Crippen LogP contribution in [0.1, 0.15) is 43.4 Å². The smallest absolute Gasteiger partial charge is 0.251 e. The van der Waals surface area contributed by atoms with Gasteiger partial charge in [-0.25, -0.2) is 0 Å². The Morgan fingerprint density at radius 2 is 2.00 bits per heavy atom. The van der Waals surface area contributed by atoms with Crippen LogP contribution in [-0.2, 0) is 13.1 Å². The van der Waals surface area contributed by atoms with E-state index < -0.39 is 0 Å². The Labute approximate surface area is 147 Å². The van der Waals surface area contributed by atoms with Crippen LogP contribution in [0.2, 0.25) is 0 Å². The lowest BCUT2D eigenvalue weighted by Crippen LogP contribution is -2.24. The first-order valence-electron chi connectivity index (χ1n) is 8.10. The van der Waals surface area contributed by atoms with Crippen molar-refractivity contribution in [2.24, 2.45) is 0 Å². The van der Waals surface area contributed by atoms with E-state index in [-0.39, 0.29) is 5.91 Å². The molecule has 1 atom stereocenters. The first-order chi connectivity index (χ1) is 11.6. The fourth-order valence-corrected chi connectivity index (χ4v) is 3.10. The third-order valence-corrected chi connectivity index (χ3v) is 5.00. The van der Waals surface area contributed by atoms with E-state index in [0.717, 1.165) is 29.7 Å². The van der Waals surface area contributed by atoms with Crippen molar-refractivity contribution in [2.45, 2.75) is 50.7 Å². The zero-order chi connectivity index (χ0) is 17.5. The second-order valence-corrected chi connectivity index (χ2v) is 6.80. The molecule has 130 valence electrons. The molecule has 1 aromatic heterocycles. The summed E-state index contributed by atoms with van der Waals surface area (Å²) in [4.78, 5) is 12.2. The molecule has 1 unspecified atom stereocenters. The SMILES string of the molecule is CCC(C)Sc1nnc(CNC(=O)c2ccc(OC)cc2)n1CC. The van der Waals surface area contributed by atoms with Crippen LogP contribution in [0.25, 0.3) is 0 Å². The minimum atomic E-state index is -0.139. The Bertz CT molecular complexity index is 670. The highest BCUT2D eigenvalue weighted by atomic mass is 32.2. The molecule has 2 rings (SSSR count). The van der Waals surface area contributed by atoms with Gasteiger partial charge in [0.15, 0.2) is 11.0 Å². The molecule has 0 spiro atoms. The van der Waals surface area contributed by atoms with Crippen molar-refractivity contribution < 1.29 is 9.53 Å². The number of benzene rings is 1. The number of nitrogens with zero attached hydrogens (tertiary/aromatic N) is 3. The minimum Gasteiger partial charge on any atom is -0.497 e. The van der Waals surface area contributed by atoms with Crippen molar-refractivity contribution in [3.05, 3.63) is 35.7 Å². The molecule has 0 aliphatic carbocycles. The lowest BCUT2D eigenvalue weighted by molar-refractivity contribution is 0.0949. The predicted molar refractivity (Wildman–Crippen MR) is 95.5 cm³/mol. The van der Waals surface area contributed by atoms with E-state index in [1.165, 1.54) is 0 Å². The number of hydrogen-bond acceptors (Lipinski definition) is 5. The average molecular weight is 348 g/mol. The number of amides is 1. The number of methoxy groups -OCH3 is 1. The summed E-state index contributed by atoms with van der Waals surface area (Å²) in [6.07, 6.45) is 1.07. The number of nitrogens with one attached hydrogen (secondary N) is 1. The van der Waals surface area contributed by atoms with E-state index in [1.807, 2.05) is 4.57 Å². The largest absolute Gasteiger partial charge is 0.497 e. The van der Waals surface area contributed by atoms with Crippen LogP contribution < -0.4 is 10.1 Å². The maximum Gasteiger partial charge on any atom is 0.251 e. The van der Waals surface area contributed by atoms with Gasteiger partial charge < -0.3 is 14.6 Å². The number of hydrogen-bond donors (Lipinski definition) is 1. The standard InChI is InChI=1S/C17H24N4O2S/c1-5-12(3)24-17-20-19-15(21(17)6-2)11-18-16(22)13-7-9-14(23-4)10-8-13/h7-10,12H,5-6,11H2,1-4H3,(H,18,22). The van der Waals surface area contributed by atoms with Crippen LogP contribution in [0.4, 0.5) is 0 Å². The van der Waals surface area contributed by atoms with Crippen molar-refractivity contribution in [2.75, 3.05) is 7.11 Å². The second-order valence-electron chi connectivity index (χ2n) is 5.39. The molecule has 0 bridgehead atoms. The molecule has 1 aromatic carbocycles. The van der Waals surface area contributed by atoms with E-state index in [2.05, 4.69) is 36.3 Å². The fraction of sp³-hybridized carbons (Fsp3) is 0.471. The molecule has 7 heteroatoms. The van der Waals surface area contributed by atoms with Crippen LogP contribution in [0.15, 0.2) is 29.4 Å². The number of aromatic nitrogens is 3. The molecule has 0 radical (unpaired) electrons. The van der Waals surface area contributed by atoms with Gasteiger partial charge in [0.1, 0.15) is 5.75 Å². The van der Waals surface area contributed by atoms with E-state index >= 15 is 0 Å². The lowest BCUT2D eigenvalue weighted by Gasteiger charge is -2.11. The van der Waals surface area contributed by atoms with Crippen molar-refractivity contribution in [1.29, 1.82) is 0 Å². The Balaban J connectivity index is 2.01. The maximum atomic E-state index is 12.2. The molecule has 0 saturated heterocycles. The Morgan fingerprint density at radius 3 is 2.58 bits per heavy atom. The third kappa shape index (κ3) is 4.50. The van der Waals surface area contributed by atoms with Gasteiger partial charge in [0.2, 0.25) is 0 Å². The van der Waals surface area contributed by atoms with Crippen LogP contribution in [0.5, 0.6) is 5.75 Å². The van der Waals surface area contributed by atoms with Gasteiger partial charge in [-0.2, -0.15) is 0 Å². The molecule has 1 N–H and O–H groups in total. The maximum absolute atomic E-state index is 12.2. The van der Waals surface area contributed by atoms with Crippen LogP contribution >= 0.6 is 11.8 Å². The van der Waals surface area contributed by atoms with Gasteiger partial charge in [-0.15, -0.1) is 10.2 Å². The number of thioether (sulfide) groups is 1. The summed E-state index contributed by atoms with van der Waals surface area (Å²) in [6.45, 7) is 7.51. The van der Waals surface area contributed by atoms with Crippen molar-refractivity contribution >= 4 is 17.7 Å². The molecule has 0 aliphatic rings. The summed E-state index contributed by atoms with van der Waals surface area (Å²) in [5, 5.41) is 12.8.